The maximum atomic E-state index is 10.0. The van der Waals surface area contributed by atoms with E-state index in [1.807, 2.05) is 18.2 Å². The maximum absolute atomic E-state index is 10.0. The van der Waals surface area contributed by atoms with Crippen molar-refractivity contribution >= 4 is 21.9 Å². The van der Waals surface area contributed by atoms with E-state index in [9.17, 15) is 5.26 Å². The van der Waals surface area contributed by atoms with Crippen LogP contribution in [-0.4, -0.2) is 0 Å². The van der Waals surface area contributed by atoms with Crippen molar-refractivity contribution in [2.45, 2.75) is 33.1 Å². The van der Waals surface area contributed by atoms with Crippen LogP contribution in [0.4, 0.5) is 0 Å². The Morgan fingerprint density at radius 3 is 2.33 bits per heavy atom. The number of hydrogen-bond acceptors (Lipinski definition) is 2. The quantitative estimate of drug-likeness (QED) is 0.292. The van der Waals surface area contributed by atoms with Crippen LogP contribution in [0.25, 0.3) is 44.3 Å². The van der Waals surface area contributed by atoms with Crippen LogP contribution in [0, 0.1) is 25.2 Å². The van der Waals surface area contributed by atoms with Crippen molar-refractivity contribution < 1.29 is 8.98 Å². The number of fused-ring (bicyclic) bond motifs is 4. The van der Waals surface area contributed by atoms with E-state index in [0.717, 1.165) is 57.2 Å². The standard InChI is InChI=1S/C30H25N2O/c1-18-10-13-23(22-8-6-7-21(18)22)28-20(17-31)12-15-25-24-14-11-19(2)27(29(24)33-30(25)28)26-9-4-5-16-32(26)3/h4-5,9-16H,6-8H2,1-3H3/q+1. The normalized spacial score (nSPS) is 12.9. The molecule has 3 aromatic carbocycles. The van der Waals surface area contributed by atoms with E-state index < -0.39 is 0 Å². The van der Waals surface area contributed by atoms with Gasteiger partial charge in [0.2, 0.25) is 5.69 Å². The van der Waals surface area contributed by atoms with Gasteiger partial charge in [-0.05, 0) is 79.1 Å². The Labute approximate surface area is 193 Å². The molecule has 0 radical (unpaired) electrons. The number of aryl methyl sites for hydroxylation is 3. The van der Waals surface area contributed by atoms with Crippen LogP contribution in [-0.2, 0) is 19.9 Å². The monoisotopic (exact) mass is 429 g/mol. The van der Waals surface area contributed by atoms with E-state index in [1.165, 1.54) is 28.7 Å². The number of hydrogen-bond donors (Lipinski definition) is 0. The van der Waals surface area contributed by atoms with Gasteiger partial charge in [-0.2, -0.15) is 5.26 Å². The topological polar surface area (TPSA) is 40.8 Å². The van der Waals surface area contributed by atoms with E-state index in [0.29, 0.717) is 5.56 Å². The summed E-state index contributed by atoms with van der Waals surface area (Å²) in [5.74, 6) is 0. The van der Waals surface area contributed by atoms with Crippen LogP contribution in [0.15, 0.2) is 65.2 Å². The molecule has 0 atom stereocenters. The highest BCUT2D eigenvalue weighted by atomic mass is 16.3. The van der Waals surface area contributed by atoms with Crippen LogP contribution in [0.3, 0.4) is 0 Å². The largest absolute Gasteiger partial charge is 0.454 e. The molecule has 1 aliphatic rings. The third-order valence-electron chi connectivity index (χ3n) is 7.24. The van der Waals surface area contributed by atoms with Gasteiger partial charge in [0.05, 0.1) is 17.2 Å². The molecule has 5 aromatic rings. The summed E-state index contributed by atoms with van der Waals surface area (Å²) in [4.78, 5) is 0. The van der Waals surface area contributed by atoms with Crippen molar-refractivity contribution in [2.75, 3.05) is 0 Å². The molecule has 0 fully saturated rings. The highest BCUT2D eigenvalue weighted by Gasteiger charge is 2.25. The van der Waals surface area contributed by atoms with Crippen LogP contribution in [0.2, 0.25) is 0 Å². The molecule has 160 valence electrons. The maximum Gasteiger partial charge on any atom is 0.216 e. The van der Waals surface area contributed by atoms with Crippen molar-refractivity contribution in [3.05, 3.63) is 88.6 Å². The summed E-state index contributed by atoms with van der Waals surface area (Å²) >= 11 is 0. The third kappa shape index (κ3) is 2.84. The molecule has 3 nitrogen and oxygen atoms in total. The fourth-order valence-corrected chi connectivity index (χ4v) is 5.58. The summed E-state index contributed by atoms with van der Waals surface area (Å²) in [5.41, 5.74) is 12.0. The minimum atomic E-state index is 0.669. The smallest absolute Gasteiger partial charge is 0.216 e. The van der Waals surface area contributed by atoms with Gasteiger partial charge in [-0.25, -0.2) is 4.57 Å². The molecule has 2 heterocycles. The first-order chi connectivity index (χ1) is 16.1. The number of nitriles is 1. The average Bonchev–Trinajstić information content (AvgIpc) is 3.45. The van der Waals surface area contributed by atoms with Gasteiger partial charge in [0.1, 0.15) is 18.2 Å². The Kier molecular flexibility index (Phi) is 4.38. The molecule has 2 aromatic heterocycles. The SMILES string of the molecule is Cc1ccc(-c2c(C#N)ccc3c2oc2c(-c4cccc[n+]4C)c(C)ccc23)c2c1CCC2. The van der Waals surface area contributed by atoms with Gasteiger partial charge in [0, 0.05) is 28.5 Å². The Morgan fingerprint density at radius 2 is 1.55 bits per heavy atom. The third-order valence-corrected chi connectivity index (χ3v) is 7.24. The van der Waals surface area contributed by atoms with E-state index in [-0.39, 0.29) is 0 Å². The van der Waals surface area contributed by atoms with Crippen molar-refractivity contribution in [2.24, 2.45) is 7.05 Å². The molecule has 0 spiro atoms. The minimum Gasteiger partial charge on any atom is -0.454 e. The Bertz CT molecular complexity index is 1630. The highest BCUT2D eigenvalue weighted by Crippen LogP contribution is 2.44. The lowest BCUT2D eigenvalue weighted by molar-refractivity contribution is -0.660. The van der Waals surface area contributed by atoms with Crippen molar-refractivity contribution in [3.8, 4) is 28.5 Å². The lowest BCUT2D eigenvalue weighted by atomic mass is 9.90. The lowest BCUT2D eigenvalue weighted by Crippen LogP contribution is -2.30. The number of pyridine rings is 1. The van der Waals surface area contributed by atoms with E-state index in [2.05, 4.69) is 74.1 Å². The molecule has 0 unspecified atom stereocenters. The molecule has 0 amide bonds. The summed E-state index contributed by atoms with van der Waals surface area (Å²) in [7, 11) is 2.06. The summed E-state index contributed by atoms with van der Waals surface area (Å²) in [6, 6.07) is 21.4. The predicted molar refractivity (Wildman–Crippen MR) is 132 cm³/mol. The van der Waals surface area contributed by atoms with E-state index in [1.54, 1.807) is 0 Å². The first-order valence-corrected chi connectivity index (χ1v) is 11.5. The molecule has 0 aliphatic heterocycles. The first-order valence-electron chi connectivity index (χ1n) is 11.5. The van der Waals surface area contributed by atoms with E-state index >= 15 is 0 Å². The van der Waals surface area contributed by atoms with Crippen LogP contribution < -0.4 is 4.57 Å². The van der Waals surface area contributed by atoms with Crippen molar-refractivity contribution in [3.63, 3.8) is 0 Å². The van der Waals surface area contributed by atoms with Gasteiger partial charge in [0.25, 0.3) is 0 Å². The van der Waals surface area contributed by atoms with Crippen LogP contribution >= 0.6 is 0 Å². The number of benzene rings is 3. The second kappa shape index (κ2) is 7.32. The molecule has 0 bridgehead atoms. The fourth-order valence-electron chi connectivity index (χ4n) is 5.58. The Hall–Kier alpha value is -3.90. The molecule has 1 aliphatic carbocycles. The van der Waals surface area contributed by atoms with Gasteiger partial charge in [0.15, 0.2) is 6.20 Å². The zero-order chi connectivity index (χ0) is 22.7. The summed E-state index contributed by atoms with van der Waals surface area (Å²) in [6.45, 7) is 4.32. The Balaban J connectivity index is 1.74. The molecule has 0 saturated carbocycles. The van der Waals surface area contributed by atoms with Crippen LogP contribution in [0.1, 0.15) is 34.2 Å². The summed E-state index contributed by atoms with van der Waals surface area (Å²) in [5, 5.41) is 12.2. The van der Waals surface area contributed by atoms with Gasteiger partial charge in [-0.3, -0.25) is 0 Å². The second-order valence-corrected chi connectivity index (χ2v) is 9.15. The predicted octanol–water partition coefficient (Wildman–Crippen LogP) is 6.72. The second-order valence-electron chi connectivity index (χ2n) is 9.15. The molecule has 0 N–H and O–H groups in total. The molecular weight excluding hydrogens is 404 g/mol. The molecule has 33 heavy (non-hydrogen) atoms. The minimum absolute atomic E-state index is 0.669. The zero-order valence-corrected chi connectivity index (χ0v) is 19.2. The number of rotatable bonds is 2. The van der Waals surface area contributed by atoms with Crippen molar-refractivity contribution in [1.29, 1.82) is 5.26 Å². The van der Waals surface area contributed by atoms with E-state index in [4.69, 9.17) is 4.42 Å². The van der Waals surface area contributed by atoms with Gasteiger partial charge in [-0.1, -0.05) is 24.3 Å². The fraction of sp³-hybridized carbons (Fsp3) is 0.200. The summed E-state index contributed by atoms with van der Waals surface area (Å²) in [6.07, 6.45) is 5.39. The Morgan fingerprint density at radius 1 is 0.818 bits per heavy atom. The number of nitrogens with zero attached hydrogens (tertiary/aromatic N) is 2. The first kappa shape index (κ1) is 19.8. The van der Waals surface area contributed by atoms with Crippen LogP contribution in [0.5, 0.6) is 0 Å². The molecule has 6 rings (SSSR count). The summed E-state index contributed by atoms with van der Waals surface area (Å²) < 4.78 is 8.86. The zero-order valence-electron chi connectivity index (χ0n) is 19.2. The van der Waals surface area contributed by atoms with Gasteiger partial charge < -0.3 is 4.42 Å². The molecular formula is C30H25N2O+. The molecule has 0 saturated heterocycles. The number of aromatic nitrogens is 1. The molecule has 3 heteroatoms. The van der Waals surface area contributed by atoms with Crippen molar-refractivity contribution in [1.82, 2.24) is 0 Å². The average molecular weight is 430 g/mol. The van der Waals surface area contributed by atoms with Gasteiger partial charge in [-0.15, -0.1) is 0 Å². The van der Waals surface area contributed by atoms with Gasteiger partial charge >= 0.3 is 0 Å². The highest BCUT2D eigenvalue weighted by molar-refractivity contribution is 6.14. The lowest BCUT2D eigenvalue weighted by Gasteiger charge is -2.13. The number of furan rings is 1.